The number of hydrogen-bond donors (Lipinski definition) is 2. The van der Waals surface area contributed by atoms with Crippen molar-refractivity contribution in [2.45, 2.75) is 110 Å². The molecule has 0 bridgehead atoms. The molecule has 0 aromatic rings. The van der Waals surface area contributed by atoms with Gasteiger partial charge in [0.2, 0.25) is 5.91 Å². The van der Waals surface area contributed by atoms with Gasteiger partial charge < -0.3 is 15.2 Å². The first-order valence-electron chi connectivity index (χ1n) is 13.9. The molecular formula is C31H49NO5. The van der Waals surface area contributed by atoms with Crippen LogP contribution >= 0.6 is 0 Å². The highest BCUT2D eigenvalue weighted by Crippen LogP contribution is 2.15. The normalized spacial score (nSPS) is 12.9. The van der Waals surface area contributed by atoms with E-state index in [1.54, 1.807) is 0 Å². The molecule has 6 nitrogen and oxygen atoms in total. The van der Waals surface area contributed by atoms with Gasteiger partial charge in [0, 0.05) is 6.42 Å². The van der Waals surface area contributed by atoms with E-state index < -0.39 is 5.97 Å². The Hall–Kier alpha value is -2.89. The molecule has 0 saturated carbocycles. The van der Waals surface area contributed by atoms with Gasteiger partial charge in [-0.15, -0.1) is 0 Å². The van der Waals surface area contributed by atoms with Gasteiger partial charge >= 0.3 is 11.9 Å². The van der Waals surface area contributed by atoms with Crippen molar-refractivity contribution in [3.05, 3.63) is 60.8 Å². The molecule has 0 aliphatic heterocycles. The predicted molar refractivity (Wildman–Crippen MR) is 152 cm³/mol. The number of nitrogens with one attached hydrogen (secondary N) is 1. The standard InChI is InChI=1S/C31H49NO5/c1-3-5-7-8-9-10-11-12-13-14-15-16-17-18-22-26-31(36)37-28(23-6-4-2)24-20-19-21-25-29(33)32-27-30(34)35/h5,7,9-10,12-13,15-16,18,22,28H,3-4,6,8,11,14,17,19-21,23-27H2,1-2H3,(H,32,33)(H,34,35)/b7-5-,10-9-,13-12-,16-15-,22-18-. The van der Waals surface area contributed by atoms with Gasteiger partial charge in [-0.3, -0.25) is 14.4 Å². The van der Waals surface area contributed by atoms with Crippen molar-refractivity contribution in [3.8, 4) is 0 Å². The molecule has 2 N–H and O–H groups in total. The highest BCUT2D eigenvalue weighted by Gasteiger charge is 2.13. The molecule has 37 heavy (non-hydrogen) atoms. The first-order chi connectivity index (χ1) is 18.0. The van der Waals surface area contributed by atoms with Crippen molar-refractivity contribution >= 4 is 17.8 Å². The first-order valence-corrected chi connectivity index (χ1v) is 13.9. The average molecular weight is 516 g/mol. The van der Waals surface area contributed by atoms with E-state index in [1.165, 1.54) is 0 Å². The first kappa shape index (κ1) is 34.1. The van der Waals surface area contributed by atoms with Crippen LogP contribution in [0.1, 0.15) is 104 Å². The third-order valence-electron chi connectivity index (χ3n) is 5.49. The van der Waals surface area contributed by atoms with Crippen LogP contribution < -0.4 is 5.32 Å². The number of unbranched alkanes of at least 4 members (excludes halogenated alkanes) is 3. The molecule has 1 amide bonds. The van der Waals surface area contributed by atoms with E-state index >= 15 is 0 Å². The third-order valence-corrected chi connectivity index (χ3v) is 5.49. The number of carbonyl (C=O) groups is 3. The fraction of sp³-hybridized carbons (Fsp3) is 0.581. The molecule has 208 valence electrons. The van der Waals surface area contributed by atoms with Gasteiger partial charge in [-0.05, 0) is 57.8 Å². The number of hydrogen-bond acceptors (Lipinski definition) is 4. The summed E-state index contributed by atoms with van der Waals surface area (Å²) in [5.74, 6) is -1.48. The number of rotatable bonds is 23. The maximum atomic E-state index is 12.2. The summed E-state index contributed by atoms with van der Waals surface area (Å²) in [5.41, 5.74) is 0. The molecule has 0 rings (SSSR count). The van der Waals surface area contributed by atoms with E-state index in [0.29, 0.717) is 12.8 Å². The fourth-order valence-electron chi connectivity index (χ4n) is 3.46. The molecular weight excluding hydrogens is 466 g/mol. The topological polar surface area (TPSA) is 92.7 Å². The molecule has 0 aliphatic carbocycles. The molecule has 0 fully saturated rings. The molecule has 0 radical (unpaired) electrons. The van der Waals surface area contributed by atoms with E-state index in [4.69, 9.17) is 9.84 Å². The molecule has 0 heterocycles. The van der Waals surface area contributed by atoms with Crippen molar-refractivity contribution < 1.29 is 24.2 Å². The summed E-state index contributed by atoms with van der Waals surface area (Å²) in [4.78, 5) is 34.3. The van der Waals surface area contributed by atoms with Crippen LogP contribution in [0, 0.1) is 0 Å². The minimum Gasteiger partial charge on any atom is -0.480 e. The summed E-state index contributed by atoms with van der Waals surface area (Å²) in [6.07, 6.45) is 32.5. The monoisotopic (exact) mass is 515 g/mol. The summed E-state index contributed by atoms with van der Waals surface area (Å²) in [7, 11) is 0. The van der Waals surface area contributed by atoms with E-state index in [9.17, 15) is 14.4 Å². The van der Waals surface area contributed by atoms with Gasteiger partial charge in [0.05, 0.1) is 6.42 Å². The smallest absolute Gasteiger partial charge is 0.322 e. The van der Waals surface area contributed by atoms with Crippen LogP contribution in [0.3, 0.4) is 0 Å². The Balaban J connectivity index is 4.04. The number of aliphatic carboxylic acids is 1. The third kappa shape index (κ3) is 26.0. The summed E-state index contributed by atoms with van der Waals surface area (Å²) in [6, 6.07) is 0. The Labute approximate surface area is 224 Å². The second-order valence-electron chi connectivity index (χ2n) is 8.94. The Bertz CT molecular complexity index is 749. The Morgan fingerprint density at radius 2 is 1.27 bits per heavy atom. The Morgan fingerprint density at radius 3 is 1.81 bits per heavy atom. The van der Waals surface area contributed by atoms with Crippen molar-refractivity contribution in [1.29, 1.82) is 0 Å². The lowest BCUT2D eigenvalue weighted by atomic mass is 10.0. The fourth-order valence-corrected chi connectivity index (χ4v) is 3.46. The largest absolute Gasteiger partial charge is 0.480 e. The SMILES string of the molecule is CC/C=C\C/C=C\C/C=C\C/C=C\C/C=C\CC(=O)OC(CCCC)CCCCCC(=O)NCC(=O)O. The highest BCUT2D eigenvalue weighted by molar-refractivity contribution is 5.80. The summed E-state index contributed by atoms with van der Waals surface area (Å²) in [5, 5.41) is 10.9. The van der Waals surface area contributed by atoms with Gasteiger partial charge in [0.1, 0.15) is 12.6 Å². The number of carboxylic acids is 1. The Kier molecular flexibility index (Phi) is 24.1. The van der Waals surface area contributed by atoms with Crippen LogP contribution in [0.15, 0.2) is 60.8 Å². The lowest BCUT2D eigenvalue weighted by molar-refractivity contribution is -0.148. The maximum Gasteiger partial charge on any atom is 0.322 e. The molecule has 0 saturated heterocycles. The van der Waals surface area contributed by atoms with E-state index in [2.05, 4.69) is 67.8 Å². The minimum absolute atomic E-state index is 0.0870. The Morgan fingerprint density at radius 1 is 0.730 bits per heavy atom. The number of carbonyl (C=O) groups excluding carboxylic acids is 2. The lowest BCUT2D eigenvalue weighted by Gasteiger charge is -2.17. The summed E-state index contributed by atoms with van der Waals surface area (Å²) < 4.78 is 5.69. The van der Waals surface area contributed by atoms with Crippen LogP contribution in [0.2, 0.25) is 0 Å². The van der Waals surface area contributed by atoms with Crippen LogP contribution in [0.5, 0.6) is 0 Å². The number of allylic oxidation sites excluding steroid dienone is 9. The maximum absolute atomic E-state index is 12.2. The molecule has 0 spiro atoms. The van der Waals surface area contributed by atoms with Crippen LogP contribution in [-0.2, 0) is 19.1 Å². The number of amides is 1. The molecule has 1 unspecified atom stereocenters. The van der Waals surface area contributed by atoms with E-state index in [1.807, 2.05) is 12.2 Å². The minimum atomic E-state index is -1.04. The van der Waals surface area contributed by atoms with Crippen molar-refractivity contribution in [1.82, 2.24) is 5.32 Å². The van der Waals surface area contributed by atoms with Crippen molar-refractivity contribution in [2.75, 3.05) is 6.54 Å². The predicted octanol–water partition coefficient (Wildman–Crippen LogP) is 7.38. The van der Waals surface area contributed by atoms with Gasteiger partial charge in [-0.25, -0.2) is 0 Å². The average Bonchev–Trinajstić information content (AvgIpc) is 2.87. The number of ether oxygens (including phenoxy) is 1. The van der Waals surface area contributed by atoms with Gasteiger partial charge in [0.25, 0.3) is 0 Å². The zero-order valence-corrected chi connectivity index (χ0v) is 23.0. The summed E-state index contributed by atoms with van der Waals surface area (Å²) >= 11 is 0. The quantitative estimate of drug-likeness (QED) is 0.0841. The highest BCUT2D eigenvalue weighted by atomic mass is 16.5. The number of esters is 1. The molecule has 6 heteroatoms. The molecule has 0 aromatic heterocycles. The van der Waals surface area contributed by atoms with Crippen LogP contribution in [0.25, 0.3) is 0 Å². The lowest BCUT2D eigenvalue weighted by Crippen LogP contribution is -2.28. The van der Waals surface area contributed by atoms with Crippen molar-refractivity contribution in [2.24, 2.45) is 0 Å². The van der Waals surface area contributed by atoms with E-state index in [0.717, 1.165) is 70.6 Å². The van der Waals surface area contributed by atoms with Gasteiger partial charge in [-0.1, -0.05) is 93.9 Å². The van der Waals surface area contributed by atoms with Crippen LogP contribution in [-0.4, -0.2) is 35.6 Å². The van der Waals surface area contributed by atoms with Crippen LogP contribution in [0.4, 0.5) is 0 Å². The van der Waals surface area contributed by atoms with E-state index in [-0.39, 0.29) is 30.9 Å². The molecule has 1 atom stereocenters. The summed E-state index contributed by atoms with van der Waals surface area (Å²) in [6.45, 7) is 3.91. The van der Waals surface area contributed by atoms with Crippen molar-refractivity contribution in [3.63, 3.8) is 0 Å². The zero-order chi connectivity index (χ0) is 27.4. The second kappa shape index (κ2) is 26.2. The molecule has 0 aromatic carbocycles. The molecule has 0 aliphatic rings. The number of carboxylic acid groups (broad SMARTS) is 1. The second-order valence-corrected chi connectivity index (χ2v) is 8.94. The van der Waals surface area contributed by atoms with Gasteiger partial charge in [-0.2, -0.15) is 0 Å². The van der Waals surface area contributed by atoms with Gasteiger partial charge in [0.15, 0.2) is 0 Å². The zero-order valence-electron chi connectivity index (χ0n) is 23.0.